The van der Waals surface area contributed by atoms with Crippen LogP contribution in [0.3, 0.4) is 0 Å². The molecule has 5 heteroatoms. The molecule has 2 saturated heterocycles. The maximum atomic E-state index is 11.1. The number of ketones is 1. The number of Topliss-reactive ketones (excluding diaryl/α,β-unsaturated/α-hetero) is 1. The highest BCUT2D eigenvalue weighted by molar-refractivity contribution is 6.24. The lowest BCUT2D eigenvalue weighted by Gasteiger charge is -2.21. The molecule has 0 aromatic rings. The SMILES string of the molecule is CC(=O)O[C@@H]1[C@H](Cl)[C@H]2O[C@@H]1CC2=O. The molecular weight excluding hydrogens is 196 g/mol. The Morgan fingerprint density at radius 3 is 2.85 bits per heavy atom. The second-order valence-electron chi connectivity index (χ2n) is 3.28. The number of carbonyl (C=O) groups is 2. The number of alkyl halides is 1. The van der Waals surface area contributed by atoms with Gasteiger partial charge in [0.25, 0.3) is 0 Å². The zero-order chi connectivity index (χ0) is 9.59. The van der Waals surface area contributed by atoms with E-state index in [1.807, 2.05) is 0 Å². The first-order chi connectivity index (χ1) is 6.09. The first-order valence-corrected chi connectivity index (χ1v) is 4.52. The third-order valence-electron chi connectivity index (χ3n) is 2.31. The Kier molecular flexibility index (Phi) is 2.04. The lowest BCUT2D eigenvalue weighted by Crippen LogP contribution is -2.40. The highest BCUT2D eigenvalue weighted by Gasteiger charge is 2.55. The van der Waals surface area contributed by atoms with E-state index in [1.165, 1.54) is 6.92 Å². The predicted octanol–water partition coefficient (Wildman–Crippen LogP) is 0.266. The Labute approximate surface area is 80.1 Å². The van der Waals surface area contributed by atoms with Crippen molar-refractivity contribution in [1.29, 1.82) is 0 Å². The first-order valence-electron chi connectivity index (χ1n) is 4.09. The van der Waals surface area contributed by atoms with Crippen LogP contribution < -0.4 is 0 Å². The molecule has 0 spiro atoms. The van der Waals surface area contributed by atoms with Crippen LogP contribution in [0.25, 0.3) is 0 Å². The van der Waals surface area contributed by atoms with Crippen LogP contribution >= 0.6 is 11.6 Å². The van der Waals surface area contributed by atoms with Gasteiger partial charge in [-0.2, -0.15) is 0 Å². The van der Waals surface area contributed by atoms with Crippen LogP contribution in [0.1, 0.15) is 13.3 Å². The Morgan fingerprint density at radius 2 is 2.38 bits per heavy atom. The molecule has 4 nitrogen and oxygen atoms in total. The van der Waals surface area contributed by atoms with Crippen molar-refractivity contribution in [1.82, 2.24) is 0 Å². The molecule has 0 unspecified atom stereocenters. The molecule has 0 N–H and O–H groups in total. The van der Waals surface area contributed by atoms with Crippen LogP contribution in [-0.4, -0.2) is 35.4 Å². The van der Waals surface area contributed by atoms with E-state index in [0.717, 1.165) is 0 Å². The minimum Gasteiger partial charge on any atom is -0.458 e. The summed E-state index contributed by atoms with van der Waals surface area (Å²) in [5.74, 6) is -0.382. The smallest absolute Gasteiger partial charge is 0.303 e. The number of fused-ring (bicyclic) bond motifs is 2. The average molecular weight is 205 g/mol. The molecule has 2 bridgehead atoms. The summed E-state index contributed by atoms with van der Waals surface area (Å²) in [5, 5.41) is -0.518. The largest absolute Gasteiger partial charge is 0.458 e. The van der Waals surface area contributed by atoms with Gasteiger partial charge in [0.2, 0.25) is 0 Å². The highest BCUT2D eigenvalue weighted by Crippen LogP contribution is 2.37. The predicted molar refractivity (Wildman–Crippen MR) is 43.5 cm³/mol. The van der Waals surface area contributed by atoms with Gasteiger partial charge in [-0.3, -0.25) is 9.59 Å². The van der Waals surface area contributed by atoms with Gasteiger partial charge in [-0.25, -0.2) is 0 Å². The quantitative estimate of drug-likeness (QED) is 0.454. The van der Waals surface area contributed by atoms with Crippen LogP contribution in [0.5, 0.6) is 0 Å². The highest BCUT2D eigenvalue weighted by atomic mass is 35.5. The molecule has 0 saturated carbocycles. The van der Waals surface area contributed by atoms with E-state index in [0.29, 0.717) is 6.42 Å². The van der Waals surface area contributed by atoms with Crippen LogP contribution in [0.15, 0.2) is 0 Å². The summed E-state index contributed by atoms with van der Waals surface area (Å²) in [4.78, 5) is 21.8. The summed E-state index contributed by atoms with van der Waals surface area (Å²) >= 11 is 5.89. The molecular formula is C8H9ClO4. The van der Waals surface area contributed by atoms with Crippen molar-refractivity contribution >= 4 is 23.4 Å². The lowest BCUT2D eigenvalue weighted by atomic mass is 9.96. The second-order valence-corrected chi connectivity index (χ2v) is 3.79. The summed E-state index contributed by atoms with van der Waals surface area (Å²) in [6, 6.07) is 0. The number of carbonyl (C=O) groups excluding carboxylic acids is 2. The van der Waals surface area contributed by atoms with Crippen molar-refractivity contribution in [3.63, 3.8) is 0 Å². The fourth-order valence-electron chi connectivity index (χ4n) is 1.78. The number of hydrogen-bond donors (Lipinski definition) is 0. The number of esters is 1. The molecule has 0 radical (unpaired) electrons. The van der Waals surface area contributed by atoms with Crippen molar-refractivity contribution in [3.8, 4) is 0 Å². The van der Waals surface area contributed by atoms with Gasteiger partial charge in [0, 0.05) is 13.3 Å². The van der Waals surface area contributed by atoms with Crippen molar-refractivity contribution in [2.75, 3.05) is 0 Å². The van der Waals surface area contributed by atoms with Gasteiger partial charge in [-0.05, 0) is 0 Å². The van der Waals surface area contributed by atoms with Crippen molar-refractivity contribution in [3.05, 3.63) is 0 Å². The Bertz CT molecular complexity index is 263. The second kappa shape index (κ2) is 2.96. The molecule has 13 heavy (non-hydrogen) atoms. The third kappa shape index (κ3) is 1.34. The van der Waals surface area contributed by atoms with Gasteiger partial charge in [-0.15, -0.1) is 11.6 Å². The fraction of sp³-hybridized carbons (Fsp3) is 0.750. The van der Waals surface area contributed by atoms with E-state index in [1.54, 1.807) is 0 Å². The molecule has 2 aliphatic rings. The molecule has 2 aliphatic heterocycles. The zero-order valence-corrected chi connectivity index (χ0v) is 7.78. The monoisotopic (exact) mass is 204 g/mol. The minimum atomic E-state index is -0.573. The number of hydrogen-bond acceptors (Lipinski definition) is 4. The summed E-state index contributed by atoms with van der Waals surface area (Å²) in [5.41, 5.74) is 0. The van der Waals surface area contributed by atoms with Crippen molar-refractivity contribution in [2.24, 2.45) is 0 Å². The van der Waals surface area contributed by atoms with Crippen LogP contribution in [0, 0.1) is 0 Å². The van der Waals surface area contributed by atoms with Crippen molar-refractivity contribution in [2.45, 2.75) is 37.0 Å². The maximum Gasteiger partial charge on any atom is 0.303 e. The van der Waals surface area contributed by atoms with Gasteiger partial charge >= 0.3 is 5.97 Å². The normalized spacial score (nSPS) is 42.5. The van der Waals surface area contributed by atoms with Gasteiger partial charge in [-0.1, -0.05) is 0 Å². The van der Waals surface area contributed by atoms with Gasteiger partial charge in [0.05, 0.1) is 0 Å². The minimum absolute atomic E-state index is 0.00778. The van der Waals surface area contributed by atoms with Crippen LogP contribution in [-0.2, 0) is 19.1 Å². The number of ether oxygens (including phenoxy) is 2. The van der Waals surface area contributed by atoms with Crippen LogP contribution in [0.4, 0.5) is 0 Å². The molecule has 0 amide bonds. The topological polar surface area (TPSA) is 52.6 Å². The fourth-order valence-corrected chi connectivity index (χ4v) is 2.20. The third-order valence-corrected chi connectivity index (χ3v) is 2.79. The first kappa shape index (κ1) is 8.97. The van der Waals surface area contributed by atoms with Crippen LogP contribution in [0.2, 0.25) is 0 Å². The Hall–Kier alpha value is -0.610. The molecule has 2 fully saturated rings. The number of rotatable bonds is 1. The maximum absolute atomic E-state index is 11.1. The van der Waals surface area contributed by atoms with E-state index in [4.69, 9.17) is 21.1 Å². The molecule has 4 atom stereocenters. The Balaban J connectivity index is 2.09. The summed E-state index contributed by atoms with van der Waals surface area (Å²) in [6.45, 7) is 1.32. The van der Waals surface area contributed by atoms with E-state index in [9.17, 15) is 9.59 Å². The number of halogens is 1. The van der Waals surface area contributed by atoms with E-state index in [-0.39, 0.29) is 17.9 Å². The average Bonchev–Trinajstić information content (AvgIpc) is 2.51. The molecule has 2 rings (SSSR count). The molecule has 0 aromatic carbocycles. The standard InChI is InChI=1S/C8H9ClO4/c1-3(10)12-8-5-2-4(11)7(13-5)6(8)9/h5-8H,2H2,1H3/t5-,6-,7+,8+/m1/s1. The molecule has 2 heterocycles. The molecule has 0 aromatic heterocycles. The summed E-state index contributed by atoms with van der Waals surface area (Å²) in [6.07, 6.45) is -1.05. The summed E-state index contributed by atoms with van der Waals surface area (Å²) in [7, 11) is 0. The van der Waals surface area contributed by atoms with Gasteiger partial charge in [0.15, 0.2) is 5.78 Å². The van der Waals surface area contributed by atoms with Gasteiger partial charge < -0.3 is 9.47 Å². The lowest BCUT2D eigenvalue weighted by molar-refractivity contribution is -0.149. The zero-order valence-electron chi connectivity index (χ0n) is 7.03. The van der Waals surface area contributed by atoms with E-state index < -0.39 is 17.6 Å². The Morgan fingerprint density at radius 1 is 1.69 bits per heavy atom. The summed E-state index contributed by atoms with van der Waals surface area (Å²) < 4.78 is 10.2. The van der Waals surface area contributed by atoms with Gasteiger partial charge in [0.1, 0.15) is 23.7 Å². The molecule has 0 aliphatic carbocycles. The van der Waals surface area contributed by atoms with E-state index >= 15 is 0 Å². The van der Waals surface area contributed by atoms with E-state index in [2.05, 4.69) is 0 Å². The molecule has 72 valence electrons. The van der Waals surface area contributed by atoms with Crippen molar-refractivity contribution < 1.29 is 19.1 Å².